The lowest BCUT2D eigenvalue weighted by molar-refractivity contribution is -0.137. The number of benzene rings is 2. The van der Waals surface area contributed by atoms with Crippen molar-refractivity contribution in [1.29, 1.82) is 0 Å². The van der Waals surface area contributed by atoms with Crippen molar-refractivity contribution in [3.8, 4) is 0 Å². The van der Waals surface area contributed by atoms with E-state index < -0.39 is 40.7 Å². The molecular weight excluding hydrogens is 421 g/mol. The third-order valence-corrected chi connectivity index (χ3v) is 4.50. The number of carbonyl (C=O) groups is 1. The molecule has 3 N–H and O–H groups in total. The van der Waals surface area contributed by atoms with Gasteiger partial charge in [-0.1, -0.05) is 0 Å². The summed E-state index contributed by atoms with van der Waals surface area (Å²) >= 11 is 1.05. The third-order valence-electron chi connectivity index (χ3n) is 3.73. The summed E-state index contributed by atoms with van der Waals surface area (Å²) in [6, 6.07) is 2.94. The zero-order valence-electron chi connectivity index (χ0n) is 14.3. The van der Waals surface area contributed by atoms with E-state index in [1.165, 1.54) is 11.6 Å². The molecule has 0 bridgehead atoms. The molecule has 0 saturated carbocycles. The molecule has 0 radical (unpaired) electrons. The number of nitrogens with one attached hydrogen (secondary N) is 2. The van der Waals surface area contributed by atoms with Crippen LogP contribution in [0.25, 0.3) is 10.2 Å². The topological polar surface area (TPSA) is 83.5 Å². The lowest BCUT2D eigenvalue weighted by Crippen LogP contribution is -2.26. The van der Waals surface area contributed by atoms with Crippen LogP contribution >= 0.6 is 11.3 Å². The summed E-state index contributed by atoms with van der Waals surface area (Å²) in [5.74, 6) is -3.20. The molecule has 0 atom stereocenters. The summed E-state index contributed by atoms with van der Waals surface area (Å²) in [6.07, 6.45) is -4.75. The number of aliphatic hydroxyl groups is 1. The lowest BCUT2D eigenvalue weighted by Gasteiger charge is -2.15. The third kappa shape index (κ3) is 4.44. The van der Waals surface area contributed by atoms with Gasteiger partial charge in [-0.3, -0.25) is 9.63 Å². The minimum atomic E-state index is -4.75. The highest BCUT2D eigenvalue weighted by Crippen LogP contribution is 2.35. The molecule has 0 unspecified atom stereocenters. The molecule has 6 nitrogen and oxygen atoms in total. The second-order valence-corrected chi connectivity index (χ2v) is 6.52. The highest BCUT2D eigenvalue weighted by molar-refractivity contribution is 7.16. The van der Waals surface area contributed by atoms with Crippen LogP contribution in [0.1, 0.15) is 15.9 Å². The van der Waals surface area contributed by atoms with Gasteiger partial charge in [0.2, 0.25) is 0 Å². The van der Waals surface area contributed by atoms with Crippen LogP contribution < -0.4 is 10.8 Å². The molecule has 0 aliphatic heterocycles. The molecule has 29 heavy (non-hydrogen) atoms. The Balaban J connectivity index is 2.02. The molecule has 12 heteroatoms. The number of hydroxylamine groups is 1. The van der Waals surface area contributed by atoms with Gasteiger partial charge in [0.1, 0.15) is 11.3 Å². The predicted octanol–water partition coefficient (Wildman–Crippen LogP) is 3.99. The first-order chi connectivity index (χ1) is 13.7. The van der Waals surface area contributed by atoms with Crippen molar-refractivity contribution in [3.63, 3.8) is 0 Å². The van der Waals surface area contributed by atoms with Crippen molar-refractivity contribution in [2.75, 3.05) is 18.5 Å². The summed E-state index contributed by atoms with van der Waals surface area (Å²) in [5, 5.41) is 11.0. The lowest BCUT2D eigenvalue weighted by atomic mass is 10.1. The Hall–Kier alpha value is -2.83. The van der Waals surface area contributed by atoms with Crippen molar-refractivity contribution in [3.05, 3.63) is 52.5 Å². The smallest absolute Gasteiger partial charge is 0.394 e. The van der Waals surface area contributed by atoms with Crippen LogP contribution in [0.3, 0.4) is 0 Å². The molecule has 3 aromatic rings. The number of hydrogen-bond donors (Lipinski definition) is 3. The highest BCUT2D eigenvalue weighted by Gasteiger charge is 2.31. The van der Waals surface area contributed by atoms with Gasteiger partial charge in [-0.05, 0) is 24.3 Å². The normalized spacial score (nSPS) is 11.7. The van der Waals surface area contributed by atoms with Gasteiger partial charge in [-0.25, -0.2) is 19.2 Å². The van der Waals surface area contributed by atoms with Crippen molar-refractivity contribution in [2.24, 2.45) is 0 Å². The molecule has 0 fully saturated rings. The summed E-state index contributed by atoms with van der Waals surface area (Å²) in [7, 11) is 0. The van der Waals surface area contributed by atoms with Gasteiger partial charge in [-0.15, -0.1) is 11.3 Å². The van der Waals surface area contributed by atoms with Crippen LogP contribution in [0.2, 0.25) is 0 Å². The molecule has 154 valence electrons. The van der Waals surface area contributed by atoms with E-state index in [9.17, 15) is 26.7 Å². The first kappa shape index (κ1) is 20.9. The van der Waals surface area contributed by atoms with Gasteiger partial charge >= 0.3 is 6.18 Å². The SMILES string of the molecule is O=C(NOCCO)c1cc2scnc2c(F)c1Nc1ccc(C(F)(F)F)cc1F. The largest absolute Gasteiger partial charge is 0.416 e. The zero-order valence-corrected chi connectivity index (χ0v) is 15.1. The van der Waals surface area contributed by atoms with E-state index in [0.717, 1.165) is 17.4 Å². The summed E-state index contributed by atoms with van der Waals surface area (Å²) in [5.41, 5.74) is 0.744. The first-order valence-corrected chi connectivity index (χ1v) is 8.82. The van der Waals surface area contributed by atoms with E-state index in [2.05, 4.69) is 10.3 Å². The van der Waals surface area contributed by atoms with Gasteiger partial charge in [0.25, 0.3) is 5.91 Å². The zero-order chi connectivity index (χ0) is 21.2. The molecule has 1 aromatic heterocycles. The van der Waals surface area contributed by atoms with E-state index in [4.69, 9.17) is 9.94 Å². The number of aromatic nitrogens is 1. The van der Waals surface area contributed by atoms with Crippen LogP contribution in [0.5, 0.6) is 0 Å². The molecular formula is C17H12F5N3O3S. The second kappa shape index (κ2) is 8.27. The van der Waals surface area contributed by atoms with E-state index >= 15 is 0 Å². The fraction of sp³-hybridized carbons (Fsp3) is 0.176. The Kier molecular flexibility index (Phi) is 5.96. The fourth-order valence-electron chi connectivity index (χ4n) is 2.41. The quantitative estimate of drug-likeness (QED) is 0.311. The number of alkyl halides is 3. The standard InChI is InChI=1S/C17H12F5N3O3S/c18-10-5-8(17(20,21)22)1-2-11(10)24-14-9(16(27)25-28-4-3-26)6-12-15(13(14)19)23-7-29-12/h1-2,5-7,24,26H,3-4H2,(H,25,27). The van der Waals surface area contributed by atoms with Gasteiger partial charge in [-0.2, -0.15) is 13.2 Å². The average molecular weight is 433 g/mol. The maximum Gasteiger partial charge on any atom is 0.416 e. The Bertz CT molecular complexity index is 1050. The van der Waals surface area contributed by atoms with Crippen LogP contribution in [0.15, 0.2) is 29.8 Å². The van der Waals surface area contributed by atoms with Gasteiger partial charge in [0.15, 0.2) is 5.82 Å². The second-order valence-electron chi connectivity index (χ2n) is 5.63. The van der Waals surface area contributed by atoms with Crippen LogP contribution in [0, 0.1) is 11.6 Å². The van der Waals surface area contributed by atoms with Gasteiger partial charge in [0.05, 0.1) is 45.9 Å². The number of hydrogen-bond acceptors (Lipinski definition) is 6. The minimum absolute atomic E-state index is 0.0994. The number of rotatable bonds is 6. The van der Waals surface area contributed by atoms with Crippen LogP contribution in [0.4, 0.5) is 33.3 Å². The number of amides is 1. The number of nitrogens with zero attached hydrogens (tertiary/aromatic N) is 1. The van der Waals surface area contributed by atoms with E-state index in [-0.39, 0.29) is 30.4 Å². The fourth-order valence-corrected chi connectivity index (χ4v) is 3.12. The number of thiazole rings is 1. The Morgan fingerprint density at radius 3 is 2.66 bits per heavy atom. The van der Waals surface area contributed by atoms with E-state index in [0.29, 0.717) is 10.8 Å². The molecule has 0 spiro atoms. The summed E-state index contributed by atoms with van der Waals surface area (Å²) in [4.78, 5) is 20.9. The van der Waals surface area contributed by atoms with Crippen LogP contribution in [-0.2, 0) is 11.0 Å². The number of halogens is 5. The maximum atomic E-state index is 14.9. The molecule has 0 saturated heterocycles. The summed E-state index contributed by atoms with van der Waals surface area (Å²) < 4.78 is 67.5. The van der Waals surface area contributed by atoms with E-state index in [1.54, 1.807) is 0 Å². The van der Waals surface area contributed by atoms with Crippen LogP contribution in [-0.4, -0.2) is 29.2 Å². The Morgan fingerprint density at radius 2 is 2.00 bits per heavy atom. The Labute approximate surface area is 163 Å². The number of aliphatic hydroxyl groups excluding tert-OH is 1. The Morgan fingerprint density at radius 1 is 1.24 bits per heavy atom. The molecule has 3 rings (SSSR count). The van der Waals surface area contributed by atoms with Gasteiger partial charge < -0.3 is 10.4 Å². The molecule has 0 aliphatic rings. The van der Waals surface area contributed by atoms with Gasteiger partial charge in [0, 0.05) is 0 Å². The number of carbonyl (C=O) groups excluding carboxylic acids is 1. The monoisotopic (exact) mass is 433 g/mol. The van der Waals surface area contributed by atoms with Crippen molar-refractivity contribution in [1.82, 2.24) is 10.5 Å². The van der Waals surface area contributed by atoms with Crippen molar-refractivity contribution < 1.29 is 36.7 Å². The maximum absolute atomic E-state index is 14.9. The molecule has 1 heterocycles. The number of fused-ring (bicyclic) bond motifs is 1. The molecule has 1 amide bonds. The first-order valence-electron chi connectivity index (χ1n) is 7.95. The number of anilines is 2. The highest BCUT2D eigenvalue weighted by atomic mass is 32.1. The minimum Gasteiger partial charge on any atom is -0.394 e. The van der Waals surface area contributed by atoms with Crippen molar-refractivity contribution >= 4 is 38.8 Å². The average Bonchev–Trinajstić information content (AvgIpc) is 3.13. The molecule has 0 aliphatic carbocycles. The predicted molar refractivity (Wildman–Crippen MR) is 94.8 cm³/mol. The molecule has 2 aromatic carbocycles. The summed E-state index contributed by atoms with van der Waals surface area (Å²) in [6.45, 7) is -0.613. The van der Waals surface area contributed by atoms with E-state index in [1.807, 2.05) is 5.48 Å². The van der Waals surface area contributed by atoms with Crippen molar-refractivity contribution in [2.45, 2.75) is 6.18 Å².